The molecular formula is C17H14N2O2. The van der Waals surface area contributed by atoms with Gasteiger partial charge >= 0.3 is 5.69 Å². The average molecular weight is 278 g/mol. The largest absolute Gasteiger partial charge is 0.487 e. The first-order valence-electron chi connectivity index (χ1n) is 6.64. The van der Waals surface area contributed by atoms with Crippen LogP contribution in [0.15, 0.2) is 71.7 Å². The molecule has 2 aromatic carbocycles. The van der Waals surface area contributed by atoms with E-state index < -0.39 is 0 Å². The maximum Gasteiger partial charge on any atom is 0.345 e. The molecule has 3 aromatic rings. The summed E-state index contributed by atoms with van der Waals surface area (Å²) in [7, 11) is 0. The number of aromatic amines is 1. The average Bonchev–Trinajstić information content (AvgIpc) is 2.54. The Morgan fingerprint density at radius 2 is 1.71 bits per heavy atom. The van der Waals surface area contributed by atoms with E-state index in [1.807, 2.05) is 54.6 Å². The third-order valence-electron chi connectivity index (χ3n) is 3.09. The van der Waals surface area contributed by atoms with Gasteiger partial charge in [0.2, 0.25) is 0 Å². The van der Waals surface area contributed by atoms with E-state index >= 15 is 0 Å². The Hall–Kier alpha value is -2.88. The van der Waals surface area contributed by atoms with E-state index in [1.165, 1.54) is 6.20 Å². The second-order valence-electron chi connectivity index (χ2n) is 4.55. The Kier molecular flexibility index (Phi) is 3.78. The maximum absolute atomic E-state index is 11.2. The van der Waals surface area contributed by atoms with Crippen LogP contribution in [-0.2, 0) is 6.61 Å². The van der Waals surface area contributed by atoms with E-state index in [0.717, 1.165) is 16.9 Å². The Morgan fingerprint density at radius 3 is 2.52 bits per heavy atom. The van der Waals surface area contributed by atoms with Crippen LogP contribution in [0.4, 0.5) is 0 Å². The molecule has 0 amide bonds. The molecule has 0 unspecified atom stereocenters. The summed E-state index contributed by atoms with van der Waals surface area (Å²) < 4.78 is 5.83. The van der Waals surface area contributed by atoms with Gasteiger partial charge in [0, 0.05) is 11.8 Å². The van der Waals surface area contributed by atoms with Gasteiger partial charge in [-0.3, -0.25) is 0 Å². The van der Waals surface area contributed by atoms with Gasteiger partial charge in [0.15, 0.2) is 0 Å². The van der Waals surface area contributed by atoms with Gasteiger partial charge in [0.25, 0.3) is 0 Å². The van der Waals surface area contributed by atoms with Gasteiger partial charge in [-0.25, -0.2) is 9.78 Å². The van der Waals surface area contributed by atoms with Crippen LogP contribution in [0.2, 0.25) is 0 Å². The molecule has 0 aliphatic carbocycles. The van der Waals surface area contributed by atoms with Crippen molar-refractivity contribution in [2.45, 2.75) is 6.61 Å². The van der Waals surface area contributed by atoms with Crippen molar-refractivity contribution in [2.24, 2.45) is 0 Å². The molecule has 0 bridgehead atoms. The molecule has 0 spiro atoms. The first-order valence-corrected chi connectivity index (χ1v) is 6.64. The van der Waals surface area contributed by atoms with Crippen molar-refractivity contribution in [3.63, 3.8) is 0 Å². The molecule has 21 heavy (non-hydrogen) atoms. The Labute approximate surface area is 122 Å². The number of rotatable bonds is 4. The number of nitrogens with zero attached hydrogens (tertiary/aromatic N) is 1. The summed E-state index contributed by atoms with van der Waals surface area (Å²) >= 11 is 0. The molecule has 0 saturated heterocycles. The van der Waals surface area contributed by atoms with Crippen molar-refractivity contribution in [1.29, 1.82) is 0 Å². The van der Waals surface area contributed by atoms with Crippen molar-refractivity contribution in [2.75, 3.05) is 0 Å². The fourth-order valence-electron chi connectivity index (χ4n) is 2.09. The molecule has 4 heteroatoms. The SMILES string of the molecule is O=c1nccc(COc2ccccc2-c2ccccc2)[nH]1. The van der Waals surface area contributed by atoms with Crippen LogP contribution >= 0.6 is 0 Å². The number of hydrogen-bond acceptors (Lipinski definition) is 3. The highest BCUT2D eigenvalue weighted by Crippen LogP contribution is 2.29. The summed E-state index contributed by atoms with van der Waals surface area (Å²) in [6, 6.07) is 19.6. The number of hydrogen-bond donors (Lipinski definition) is 1. The van der Waals surface area contributed by atoms with Gasteiger partial charge in [-0.2, -0.15) is 0 Å². The van der Waals surface area contributed by atoms with E-state index in [4.69, 9.17) is 4.74 Å². The quantitative estimate of drug-likeness (QED) is 0.798. The topological polar surface area (TPSA) is 55.0 Å². The monoisotopic (exact) mass is 278 g/mol. The van der Waals surface area contributed by atoms with Crippen molar-refractivity contribution in [3.05, 3.63) is 83.0 Å². The number of benzene rings is 2. The fraction of sp³-hybridized carbons (Fsp3) is 0.0588. The van der Waals surface area contributed by atoms with Gasteiger partial charge in [-0.1, -0.05) is 48.5 Å². The predicted molar refractivity (Wildman–Crippen MR) is 81.1 cm³/mol. The van der Waals surface area contributed by atoms with E-state index in [-0.39, 0.29) is 5.69 Å². The maximum atomic E-state index is 11.2. The van der Waals surface area contributed by atoms with E-state index in [2.05, 4.69) is 9.97 Å². The van der Waals surface area contributed by atoms with Crippen LogP contribution in [0.5, 0.6) is 5.75 Å². The number of ether oxygens (including phenoxy) is 1. The number of aromatic nitrogens is 2. The number of nitrogens with one attached hydrogen (secondary N) is 1. The van der Waals surface area contributed by atoms with Crippen LogP contribution in [0, 0.1) is 0 Å². The lowest BCUT2D eigenvalue weighted by Crippen LogP contribution is -2.12. The third-order valence-corrected chi connectivity index (χ3v) is 3.09. The molecule has 1 N–H and O–H groups in total. The molecule has 3 rings (SSSR count). The van der Waals surface area contributed by atoms with E-state index in [0.29, 0.717) is 12.3 Å². The van der Waals surface area contributed by atoms with Gasteiger partial charge in [0.05, 0.1) is 5.69 Å². The minimum absolute atomic E-state index is 0.293. The molecule has 0 aliphatic rings. The lowest BCUT2D eigenvalue weighted by atomic mass is 10.1. The minimum Gasteiger partial charge on any atom is -0.487 e. The zero-order valence-electron chi connectivity index (χ0n) is 11.3. The highest BCUT2D eigenvalue weighted by Gasteiger charge is 2.05. The normalized spacial score (nSPS) is 10.3. The molecule has 0 atom stereocenters. The van der Waals surface area contributed by atoms with Crippen molar-refractivity contribution >= 4 is 0 Å². The molecule has 0 aliphatic heterocycles. The van der Waals surface area contributed by atoms with Crippen LogP contribution in [0.25, 0.3) is 11.1 Å². The highest BCUT2D eigenvalue weighted by molar-refractivity contribution is 5.70. The Bertz CT molecular complexity index is 782. The molecule has 104 valence electrons. The number of H-pyrrole nitrogens is 1. The lowest BCUT2D eigenvalue weighted by Gasteiger charge is -2.11. The molecule has 0 radical (unpaired) electrons. The van der Waals surface area contributed by atoms with Crippen molar-refractivity contribution in [1.82, 2.24) is 9.97 Å². The zero-order valence-corrected chi connectivity index (χ0v) is 11.3. The molecule has 0 fully saturated rings. The summed E-state index contributed by atoms with van der Waals surface area (Å²) in [6.07, 6.45) is 1.47. The zero-order chi connectivity index (χ0) is 14.5. The molecule has 4 nitrogen and oxygen atoms in total. The van der Waals surface area contributed by atoms with Crippen LogP contribution in [-0.4, -0.2) is 9.97 Å². The summed E-state index contributed by atoms with van der Waals surface area (Å²) in [5.41, 5.74) is 2.44. The summed E-state index contributed by atoms with van der Waals surface area (Å²) in [5.74, 6) is 0.779. The predicted octanol–water partition coefficient (Wildman–Crippen LogP) is 3.02. The van der Waals surface area contributed by atoms with E-state index in [1.54, 1.807) is 6.07 Å². The highest BCUT2D eigenvalue weighted by atomic mass is 16.5. The summed E-state index contributed by atoms with van der Waals surface area (Å²) in [5, 5.41) is 0. The first kappa shape index (κ1) is 13.1. The molecule has 1 heterocycles. The summed E-state index contributed by atoms with van der Waals surface area (Å²) in [4.78, 5) is 17.4. The van der Waals surface area contributed by atoms with Gasteiger partial charge in [-0.05, 0) is 17.7 Å². The van der Waals surface area contributed by atoms with Crippen LogP contribution < -0.4 is 10.4 Å². The fourth-order valence-corrected chi connectivity index (χ4v) is 2.09. The Balaban J connectivity index is 1.85. The van der Waals surface area contributed by atoms with Gasteiger partial charge < -0.3 is 9.72 Å². The minimum atomic E-state index is -0.368. The van der Waals surface area contributed by atoms with Crippen molar-refractivity contribution in [3.8, 4) is 16.9 Å². The second-order valence-corrected chi connectivity index (χ2v) is 4.55. The third kappa shape index (κ3) is 3.17. The van der Waals surface area contributed by atoms with Gasteiger partial charge in [0.1, 0.15) is 12.4 Å². The smallest absolute Gasteiger partial charge is 0.345 e. The molecule has 0 saturated carbocycles. The van der Waals surface area contributed by atoms with Crippen LogP contribution in [0.3, 0.4) is 0 Å². The first-order chi connectivity index (χ1) is 10.3. The standard InChI is InChI=1S/C17H14N2O2/c20-17-18-11-10-14(19-17)12-21-16-9-5-4-8-15(16)13-6-2-1-3-7-13/h1-11H,12H2,(H,18,19,20). The molecular weight excluding hydrogens is 264 g/mol. The van der Waals surface area contributed by atoms with E-state index in [9.17, 15) is 4.79 Å². The van der Waals surface area contributed by atoms with Gasteiger partial charge in [-0.15, -0.1) is 0 Å². The Morgan fingerprint density at radius 1 is 0.952 bits per heavy atom. The summed E-state index contributed by atoms with van der Waals surface area (Å²) in [6.45, 7) is 0.293. The number of para-hydroxylation sites is 1. The lowest BCUT2D eigenvalue weighted by molar-refractivity contribution is 0.302. The second kappa shape index (κ2) is 6.05. The molecule has 1 aromatic heterocycles. The van der Waals surface area contributed by atoms with Crippen LogP contribution in [0.1, 0.15) is 5.69 Å². The van der Waals surface area contributed by atoms with Crippen molar-refractivity contribution < 1.29 is 4.74 Å².